The smallest absolute Gasteiger partial charge is 0.133 e. The highest BCUT2D eigenvalue weighted by Crippen LogP contribution is 2.27. The van der Waals surface area contributed by atoms with E-state index in [0.29, 0.717) is 5.15 Å². The maximum Gasteiger partial charge on any atom is 0.133 e. The molecule has 0 atom stereocenters. The molecule has 0 N–H and O–H groups in total. The highest BCUT2D eigenvalue weighted by molar-refractivity contribution is 6.29. The summed E-state index contributed by atoms with van der Waals surface area (Å²) in [6.07, 6.45) is 0. The van der Waals surface area contributed by atoms with Gasteiger partial charge in [0.25, 0.3) is 0 Å². The normalized spacial score (nSPS) is 11.1. The Morgan fingerprint density at radius 1 is 0.895 bits per heavy atom. The summed E-state index contributed by atoms with van der Waals surface area (Å²) in [6, 6.07) is 6.20. The van der Waals surface area contributed by atoms with Gasteiger partial charge in [-0.2, -0.15) is 0 Å². The van der Waals surface area contributed by atoms with E-state index >= 15 is 0 Å². The predicted molar refractivity (Wildman–Crippen MR) is 80.8 cm³/mol. The van der Waals surface area contributed by atoms with Crippen molar-refractivity contribution in [2.45, 2.75) is 40.5 Å². The van der Waals surface area contributed by atoms with E-state index in [4.69, 9.17) is 11.6 Å². The monoisotopic (exact) mass is 274 g/mol. The van der Waals surface area contributed by atoms with Crippen LogP contribution in [0.1, 0.15) is 42.3 Å². The van der Waals surface area contributed by atoms with Crippen LogP contribution in [0.4, 0.5) is 0 Å². The maximum absolute atomic E-state index is 6.12. The van der Waals surface area contributed by atoms with Crippen LogP contribution >= 0.6 is 11.6 Å². The number of aryl methyl sites for hydroxylation is 3. The van der Waals surface area contributed by atoms with E-state index in [9.17, 15) is 0 Å². The Kier molecular flexibility index (Phi) is 3.91. The van der Waals surface area contributed by atoms with E-state index in [1.807, 2.05) is 6.07 Å². The number of rotatable bonds is 2. The van der Waals surface area contributed by atoms with Gasteiger partial charge in [0, 0.05) is 17.5 Å². The molecule has 0 aliphatic rings. The van der Waals surface area contributed by atoms with Crippen LogP contribution in [0.3, 0.4) is 0 Å². The Balaban J connectivity index is 2.62. The van der Waals surface area contributed by atoms with Crippen molar-refractivity contribution < 1.29 is 0 Å². The maximum atomic E-state index is 6.12. The van der Waals surface area contributed by atoms with Crippen LogP contribution in [0.15, 0.2) is 18.2 Å². The minimum atomic E-state index is 0.268. The largest absolute Gasteiger partial charge is 0.233 e. The minimum Gasteiger partial charge on any atom is -0.233 e. The molecule has 0 saturated carbocycles. The zero-order chi connectivity index (χ0) is 14.2. The van der Waals surface area contributed by atoms with E-state index < -0.39 is 0 Å². The number of hydrogen-bond acceptors (Lipinski definition) is 2. The quantitative estimate of drug-likeness (QED) is 0.732. The molecule has 1 heterocycles. The molecule has 0 spiro atoms. The van der Waals surface area contributed by atoms with Crippen molar-refractivity contribution >= 4 is 11.6 Å². The molecule has 1 aromatic carbocycles. The fraction of sp³-hybridized carbons (Fsp3) is 0.375. The van der Waals surface area contributed by atoms with Crippen LogP contribution in [0.5, 0.6) is 0 Å². The van der Waals surface area contributed by atoms with Crippen molar-refractivity contribution in [2.24, 2.45) is 0 Å². The summed E-state index contributed by atoms with van der Waals surface area (Å²) < 4.78 is 0. The van der Waals surface area contributed by atoms with Gasteiger partial charge in [-0.3, -0.25) is 0 Å². The molecule has 0 saturated heterocycles. The fourth-order valence-electron chi connectivity index (χ4n) is 2.07. The molecular weight excluding hydrogens is 256 g/mol. The minimum absolute atomic E-state index is 0.268. The topological polar surface area (TPSA) is 25.8 Å². The molecule has 0 aliphatic heterocycles. The highest BCUT2D eigenvalue weighted by atomic mass is 35.5. The molecule has 0 radical (unpaired) electrons. The number of aromatic nitrogens is 2. The molecule has 0 fully saturated rings. The molecule has 1 aromatic heterocycles. The molecule has 100 valence electrons. The van der Waals surface area contributed by atoms with Crippen molar-refractivity contribution in [1.29, 1.82) is 0 Å². The average Bonchev–Trinajstić information content (AvgIpc) is 2.33. The molecular formula is C16H19ClN2. The van der Waals surface area contributed by atoms with Gasteiger partial charge >= 0.3 is 0 Å². The SMILES string of the molecule is Cc1cc(C)c(-c2cc(Cl)nc(C(C)C)n2)cc1C. The van der Waals surface area contributed by atoms with Crippen LogP contribution in [0.2, 0.25) is 5.15 Å². The van der Waals surface area contributed by atoms with Gasteiger partial charge in [-0.25, -0.2) is 9.97 Å². The van der Waals surface area contributed by atoms with Crippen molar-refractivity contribution in [3.63, 3.8) is 0 Å². The van der Waals surface area contributed by atoms with Crippen LogP contribution in [0, 0.1) is 20.8 Å². The van der Waals surface area contributed by atoms with Gasteiger partial charge in [-0.05, 0) is 43.5 Å². The number of nitrogens with zero attached hydrogens (tertiary/aromatic N) is 2. The first kappa shape index (κ1) is 14.0. The third-order valence-corrected chi connectivity index (χ3v) is 3.54. The summed E-state index contributed by atoms with van der Waals surface area (Å²) in [5, 5.41) is 0.506. The zero-order valence-electron chi connectivity index (χ0n) is 12.1. The van der Waals surface area contributed by atoms with Gasteiger partial charge in [0.15, 0.2) is 0 Å². The Bertz CT molecular complexity index is 618. The zero-order valence-corrected chi connectivity index (χ0v) is 12.8. The van der Waals surface area contributed by atoms with Gasteiger partial charge < -0.3 is 0 Å². The number of hydrogen-bond donors (Lipinski definition) is 0. The standard InChI is InChI=1S/C16H19ClN2/c1-9(2)16-18-14(8-15(17)19-16)13-7-11(4)10(3)6-12(13)5/h6-9H,1-5H3. The second-order valence-electron chi connectivity index (χ2n) is 5.34. The lowest BCUT2D eigenvalue weighted by atomic mass is 9.98. The summed E-state index contributed by atoms with van der Waals surface area (Å²) in [7, 11) is 0. The summed E-state index contributed by atoms with van der Waals surface area (Å²) in [5.74, 6) is 1.06. The Hall–Kier alpha value is -1.41. The van der Waals surface area contributed by atoms with Crippen LogP contribution in [0.25, 0.3) is 11.3 Å². The van der Waals surface area contributed by atoms with E-state index in [-0.39, 0.29) is 5.92 Å². The third kappa shape index (κ3) is 2.95. The number of benzene rings is 1. The fourth-order valence-corrected chi connectivity index (χ4v) is 2.26. The van der Waals surface area contributed by atoms with Crippen LogP contribution in [-0.2, 0) is 0 Å². The highest BCUT2D eigenvalue weighted by Gasteiger charge is 2.11. The first-order chi connectivity index (χ1) is 8.88. The average molecular weight is 275 g/mol. The van der Waals surface area contributed by atoms with Crippen molar-refractivity contribution in [3.05, 3.63) is 45.9 Å². The number of halogens is 1. The Morgan fingerprint density at radius 3 is 2.16 bits per heavy atom. The van der Waals surface area contributed by atoms with Crippen LogP contribution in [-0.4, -0.2) is 9.97 Å². The van der Waals surface area contributed by atoms with E-state index in [0.717, 1.165) is 17.1 Å². The summed E-state index contributed by atoms with van der Waals surface area (Å²) in [4.78, 5) is 8.92. The first-order valence-corrected chi connectivity index (χ1v) is 6.89. The van der Waals surface area contributed by atoms with Gasteiger partial charge in [0.1, 0.15) is 11.0 Å². The van der Waals surface area contributed by atoms with Crippen molar-refractivity contribution in [2.75, 3.05) is 0 Å². The van der Waals surface area contributed by atoms with Crippen LogP contribution < -0.4 is 0 Å². The molecule has 0 amide bonds. The summed E-state index contributed by atoms with van der Waals surface area (Å²) in [6.45, 7) is 10.5. The van der Waals surface area contributed by atoms with Crippen molar-refractivity contribution in [3.8, 4) is 11.3 Å². The van der Waals surface area contributed by atoms with Gasteiger partial charge in [0.05, 0.1) is 5.69 Å². The predicted octanol–water partition coefficient (Wildman–Crippen LogP) is 4.85. The lowest BCUT2D eigenvalue weighted by Gasteiger charge is -2.12. The molecule has 2 rings (SSSR count). The molecule has 0 unspecified atom stereocenters. The summed E-state index contributed by atoms with van der Waals surface area (Å²) >= 11 is 6.12. The van der Waals surface area contributed by atoms with Gasteiger partial charge in [0.2, 0.25) is 0 Å². The van der Waals surface area contributed by atoms with Gasteiger partial charge in [-0.15, -0.1) is 0 Å². The molecule has 19 heavy (non-hydrogen) atoms. The lowest BCUT2D eigenvalue weighted by molar-refractivity contribution is 0.776. The molecule has 0 aliphatic carbocycles. The Labute approximate surface area is 119 Å². The van der Waals surface area contributed by atoms with E-state index in [1.165, 1.54) is 16.7 Å². The van der Waals surface area contributed by atoms with E-state index in [2.05, 4.69) is 56.7 Å². The molecule has 0 bridgehead atoms. The third-order valence-electron chi connectivity index (χ3n) is 3.35. The first-order valence-electron chi connectivity index (χ1n) is 6.51. The van der Waals surface area contributed by atoms with Crippen molar-refractivity contribution in [1.82, 2.24) is 9.97 Å². The molecule has 2 aromatic rings. The van der Waals surface area contributed by atoms with Gasteiger partial charge in [-0.1, -0.05) is 31.5 Å². The van der Waals surface area contributed by atoms with E-state index in [1.54, 1.807) is 0 Å². The Morgan fingerprint density at radius 2 is 1.53 bits per heavy atom. The molecule has 2 nitrogen and oxygen atoms in total. The lowest BCUT2D eigenvalue weighted by Crippen LogP contribution is -2.00. The second kappa shape index (κ2) is 5.30. The summed E-state index contributed by atoms with van der Waals surface area (Å²) in [5.41, 5.74) is 5.82. The second-order valence-corrected chi connectivity index (χ2v) is 5.73. The molecule has 3 heteroatoms.